The van der Waals surface area contributed by atoms with Gasteiger partial charge in [-0.2, -0.15) is 0 Å². The lowest BCUT2D eigenvalue weighted by Gasteiger charge is -2.33. The fourth-order valence-electron chi connectivity index (χ4n) is 2.88. The molecule has 2 aromatic rings. The Morgan fingerprint density at radius 1 is 1.08 bits per heavy atom. The number of carbonyl (C=O) groups is 1. The fraction of sp³-hybridized carbons (Fsp3) is 0.389. The van der Waals surface area contributed by atoms with Gasteiger partial charge in [0.25, 0.3) is 5.91 Å². The second-order valence-electron chi connectivity index (χ2n) is 6.04. The SMILES string of the molecule is COc1cccc(OC)c1C(=O)Nc1cc(N2CCN(C)CC2)ncn1. The Labute approximate surface area is 152 Å². The summed E-state index contributed by atoms with van der Waals surface area (Å²) < 4.78 is 10.6. The third kappa shape index (κ3) is 3.85. The van der Waals surface area contributed by atoms with Crippen molar-refractivity contribution in [1.29, 1.82) is 0 Å². The average Bonchev–Trinajstić information content (AvgIpc) is 2.68. The number of nitrogens with zero attached hydrogens (tertiary/aromatic N) is 4. The first-order valence-corrected chi connectivity index (χ1v) is 8.40. The lowest BCUT2D eigenvalue weighted by atomic mass is 10.1. The van der Waals surface area contributed by atoms with Crippen LogP contribution in [0.4, 0.5) is 11.6 Å². The molecule has 0 atom stereocenters. The zero-order chi connectivity index (χ0) is 18.5. The van der Waals surface area contributed by atoms with Crippen molar-refractivity contribution < 1.29 is 14.3 Å². The second-order valence-corrected chi connectivity index (χ2v) is 6.04. The Balaban J connectivity index is 1.79. The van der Waals surface area contributed by atoms with Crippen molar-refractivity contribution >= 4 is 17.5 Å². The van der Waals surface area contributed by atoms with Crippen molar-refractivity contribution in [3.63, 3.8) is 0 Å². The van der Waals surface area contributed by atoms with Crippen LogP contribution in [0, 0.1) is 0 Å². The van der Waals surface area contributed by atoms with E-state index in [1.165, 1.54) is 20.5 Å². The number of benzene rings is 1. The minimum absolute atomic E-state index is 0.331. The number of aromatic nitrogens is 2. The molecule has 1 N–H and O–H groups in total. The van der Waals surface area contributed by atoms with Crippen LogP contribution in [0.2, 0.25) is 0 Å². The smallest absolute Gasteiger partial charge is 0.264 e. The molecule has 2 heterocycles. The molecule has 0 unspecified atom stereocenters. The number of anilines is 2. The maximum atomic E-state index is 12.8. The number of hydrogen-bond acceptors (Lipinski definition) is 7. The molecule has 1 aliphatic rings. The van der Waals surface area contributed by atoms with Gasteiger partial charge in [-0.25, -0.2) is 9.97 Å². The molecule has 26 heavy (non-hydrogen) atoms. The van der Waals surface area contributed by atoms with Gasteiger partial charge >= 0.3 is 0 Å². The summed E-state index contributed by atoms with van der Waals surface area (Å²) in [5, 5.41) is 2.81. The molecule has 1 amide bonds. The molecule has 1 aromatic heterocycles. The van der Waals surface area contributed by atoms with Gasteiger partial charge in [0.2, 0.25) is 0 Å². The van der Waals surface area contributed by atoms with E-state index in [1.54, 1.807) is 24.3 Å². The van der Waals surface area contributed by atoms with Gasteiger partial charge < -0.3 is 24.6 Å². The largest absolute Gasteiger partial charge is 0.496 e. The molecular weight excluding hydrogens is 334 g/mol. The van der Waals surface area contributed by atoms with Gasteiger partial charge in [0.1, 0.15) is 35.0 Å². The van der Waals surface area contributed by atoms with Crippen molar-refractivity contribution in [1.82, 2.24) is 14.9 Å². The summed E-state index contributed by atoms with van der Waals surface area (Å²) in [5.74, 6) is 1.77. The highest BCUT2D eigenvalue weighted by molar-refractivity contribution is 6.07. The number of amides is 1. The summed E-state index contributed by atoms with van der Waals surface area (Å²) in [6.07, 6.45) is 1.46. The van der Waals surface area contributed by atoms with Crippen LogP contribution in [-0.2, 0) is 0 Å². The molecule has 0 aliphatic carbocycles. The Kier molecular flexibility index (Phi) is 5.52. The molecule has 1 fully saturated rings. The van der Waals surface area contributed by atoms with Crippen molar-refractivity contribution in [3.05, 3.63) is 36.2 Å². The number of methoxy groups -OCH3 is 2. The summed E-state index contributed by atoms with van der Waals surface area (Å²) in [5.41, 5.74) is 0.331. The first-order valence-electron chi connectivity index (χ1n) is 8.40. The van der Waals surface area contributed by atoms with Crippen LogP contribution >= 0.6 is 0 Å². The fourth-order valence-corrected chi connectivity index (χ4v) is 2.88. The van der Waals surface area contributed by atoms with Gasteiger partial charge in [-0.05, 0) is 19.2 Å². The van der Waals surface area contributed by atoms with Gasteiger partial charge in [-0.3, -0.25) is 4.79 Å². The van der Waals surface area contributed by atoms with E-state index in [4.69, 9.17) is 9.47 Å². The molecule has 1 saturated heterocycles. The predicted octanol–water partition coefficient (Wildman–Crippen LogP) is 1.50. The van der Waals surface area contributed by atoms with Crippen LogP contribution in [-0.4, -0.2) is 68.2 Å². The van der Waals surface area contributed by atoms with E-state index in [-0.39, 0.29) is 5.91 Å². The summed E-state index contributed by atoms with van der Waals surface area (Å²) in [6.45, 7) is 3.73. The van der Waals surface area contributed by atoms with Crippen molar-refractivity contribution in [2.45, 2.75) is 0 Å². The molecule has 0 saturated carbocycles. The maximum Gasteiger partial charge on any atom is 0.264 e. The van der Waals surface area contributed by atoms with E-state index < -0.39 is 0 Å². The highest BCUT2D eigenvalue weighted by atomic mass is 16.5. The van der Waals surface area contributed by atoms with Crippen LogP contribution in [0.5, 0.6) is 11.5 Å². The lowest BCUT2D eigenvalue weighted by molar-refractivity contribution is 0.102. The number of carbonyl (C=O) groups excluding carboxylic acids is 1. The van der Waals surface area contributed by atoms with Crippen molar-refractivity contribution in [2.24, 2.45) is 0 Å². The van der Waals surface area contributed by atoms with Gasteiger partial charge in [0, 0.05) is 32.2 Å². The minimum Gasteiger partial charge on any atom is -0.496 e. The van der Waals surface area contributed by atoms with E-state index in [1.807, 2.05) is 0 Å². The number of ether oxygens (including phenoxy) is 2. The third-order valence-electron chi connectivity index (χ3n) is 4.38. The Morgan fingerprint density at radius 3 is 2.35 bits per heavy atom. The highest BCUT2D eigenvalue weighted by Gasteiger charge is 2.20. The molecule has 0 spiro atoms. The van der Waals surface area contributed by atoms with Crippen LogP contribution in [0.15, 0.2) is 30.6 Å². The summed E-state index contributed by atoms with van der Waals surface area (Å²) in [6, 6.07) is 6.98. The Morgan fingerprint density at radius 2 is 1.73 bits per heavy atom. The van der Waals surface area contributed by atoms with E-state index in [9.17, 15) is 4.79 Å². The normalized spacial score (nSPS) is 14.8. The molecule has 1 aliphatic heterocycles. The second kappa shape index (κ2) is 8.01. The molecule has 0 bridgehead atoms. The molecule has 1 aromatic carbocycles. The van der Waals surface area contributed by atoms with Gasteiger partial charge in [0.05, 0.1) is 14.2 Å². The monoisotopic (exact) mass is 357 g/mol. The molecule has 3 rings (SSSR count). The van der Waals surface area contributed by atoms with E-state index >= 15 is 0 Å². The summed E-state index contributed by atoms with van der Waals surface area (Å²) in [7, 11) is 5.13. The van der Waals surface area contributed by atoms with Crippen molar-refractivity contribution in [3.8, 4) is 11.5 Å². The highest BCUT2D eigenvalue weighted by Crippen LogP contribution is 2.29. The van der Waals surface area contributed by atoms with Crippen molar-refractivity contribution in [2.75, 3.05) is 57.7 Å². The number of piperazine rings is 1. The van der Waals surface area contributed by atoms with Crippen LogP contribution in [0.1, 0.15) is 10.4 Å². The zero-order valence-corrected chi connectivity index (χ0v) is 15.2. The number of rotatable bonds is 5. The minimum atomic E-state index is -0.345. The first kappa shape index (κ1) is 17.9. The Bertz CT molecular complexity index is 753. The molecular formula is C18H23N5O3. The van der Waals surface area contributed by atoms with E-state index in [0.717, 1.165) is 32.0 Å². The van der Waals surface area contributed by atoms with Gasteiger partial charge in [-0.1, -0.05) is 6.07 Å². The van der Waals surface area contributed by atoms with Crippen LogP contribution < -0.4 is 19.7 Å². The zero-order valence-electron chi connectivity index (χ0n) is 15.2. The van der Waals surface area contributed by atoms with Crippen LogP contribution in [0.25, 0.3) is 0 Å². The Hall–Kier alpha value is -2.87. The molecule has 138 valence electrons. The maximum absolute atomic E-state index is 12.8. The number of hydrogen-bond donors (Lipinski definition) is 1. The standard InChI is InChI=1S/C18H23N5O3/c1-22-7-9-23(10-8-22)16-11-15(19-12-20-16)21-18(24)17-13(25-2)5-4-6-14(17)26-3/h4-6,11-12H,7-10H2,1-3H3,(H,19,20,21,24). The third-order valence-corrected chi connectivity index (χ3v) is 4.38. The number of nitrogens with one attached hydrogen (secondary N) is 1. The summed E-state index contributed by atoms with van der Waals surface area (Å²) >= 11 is 0. The lowest BCUT2D eigenvalue weighted by Crippen LogP contribution is -2.44. The topological polar surface area (TPSA) is 79.8 Å². The van der Waals surface area contributed by atoms with Gasteiger partial charge in [-0.15, -0.1) is 0 Å². The predicted molar refractivity (Wildman–Crippen MR) is 99.2 cm³/mol. The molecule has 0 radical (unpaired) electrons. The van der Waals surface area contributed by atoms with Crippen LogP contribution in [0.3, 0.4) is 0 Å². The summed E-state index contributed by atoms with van der Waals surface area (Å²) in [4.78, 5) is 25.7. The first-order chi connectivity index (χ1) is 12.6. The molecule has 8 heteroatoms. The average molecular weight is 357 g/mol. The van der Waals surface area contributed by atoms with Gasteiger partial charge in [0.15, 0.2) is 0 Å². The quantitative estimate of drug-likeness (QED) is 0.868. The van der Waals surface area contributed by atoms with E-state index in [2.05, 4.69) is 32.1 Å². The number of likely N-dealkylation sites (N-methyl/N-ethyl adjacent to an activating group) is 1. The molecule has 8 nitrogen and oxygen atoms in total. The van der Waals surface area contributed by atoms with E-state index in [0.29, 0.717) is 22.9 Å².